The third-order valence-corrected chi connectivity index (χ3v) is 11.8. The van der Waals surface area contributed by atoms with Crippen molar-refractivity contribution < 1.29 is 29.6 Å². The third-order valence-electron chi connectivity index (χ3n) is 11.8. The molecule has 0 amide bonds. The second kappa shape index (κ2) is 9.89. The molecule has 0 aromatic carbocycles. The molecule has 13 atom stereocenters. The Hall–Kier alpha value is -0.690. The van der Waals surface area contributed by atoms with E-state index in [0.717, 1.165) is 25.7 Å². The van der Waals surface area contributed by atoms with Crippen LogP contribution in [0, 0.1) is 58.2 Å². The molecule has 3 saturated carbocycles. The molecule has 4 rings (SSSR count). The molecule has 35 heavy (non-hydrogen) atoms. The van der Waals surface area contributed by atoms with Gasteiger partial charge in [0.25, 0.3) is 0 Å². The van der Waals surface area contributed by atoms with Gasteiger partial charge in [0.1, 0.15) is 0 Å². The first kappa shape index (κ1) is 27.3. The molecule has 6 heteroatoms. The van der Waals surface area contributed by atoms with Crippen LogP contribution in [0.1, 0.15) is 80.1 Å². The van der Waals surface area contributed by atoms with E-state index in [1.165, 1.54) is 0 Å². The maximum Gasteiger partial charge on any atom is 0.309 e. The number of esters is 1. The molecule has 202 valence electrons. The predicted molar refractivity (Wildman–Crippen MR) is 134 cm³/mol. The van der Waals surface area contributed by atoms with Gasteiger partial charge in [-0.25, -0.2) is 0 Å². The summed E-state index contributed by atoms with van der Waals surface area (Å²) in [6, 6.07) is 0. The zero-order chi connectivity index (χ0) is 25.9. The molecule has 1 aliphatic heterocycles. The minimum absolute atomic E-state index is 0.0797. The van der Waals surface area contributed by atoms with Crippen LogP contribution >= 0.6 is 0 Å². The second-order valence-electron chi connectivity index (χ2n) is 13.5. The van der Waals surface area contributed by atoms with Crippen molar-refractivity contribution in [1.82, 2.24) is 0 Å². The summed E-state index contributed by atoms with van der Waals surface area (Å²) >= 11 is 0. The highest BCUT2D eigenvalue weighted by atomic mass is 16.5. The summed E-state index contributed by atoms with van der Waals surface area (Å²) < 4.78 is 11.7. The van der Waals surface area contributed by atoms with Gasteiger partial charge in [0.05, 0.1) is 36.9 Å². The number of aliphatic hydroxyl groups excluding tert-OH is 3. The van der Waals surface area contributed by atoms with Gasteiger partial charge in [0.15, 0.2) is 0 Å². The van der Waals surface area contributed by atoms with E-state index < -0.39 is 18.3 Å². The smallest absolute Gasteiger partial charge is 0.309 e. The lowest BCUT2D eigenvalue weighted by molar-refractivity contribution is -0.162. The lowest BCUT2D eigenvalue weighted by Gasteiger charge is -2.56. The van der Waals surface area contributed by atoms with E-state index in [4.69, 9.17) is 9.47 Å². The van der Waals surface area contributed by atoms with Crippen molar-refractivity contribution in [3.8, 4) is 0 Å². The fourth-order valence-corrected chi connectivity index (χ4v) is 9.28. The number of methoxy groups -OCH3 is 1. The summed E-state index contributed by atoms with van der Waals surface area (Å²) in [7, 11) is 1.72. The van der Waals surface area contributed by atoms with Crippen LogP contribution in [-0.4, -0.2) is 59.4 Å². The summed E-state index contributed by atoms with van der Waals surface area (Å²) in [6.45, 7) is 13.8. The minimum Gasteiger partial charge on any atom is -0.465 e. The molecule has 6 nitrogen and oxygen atoms in total. The van der Waals surface area contributed by atoms with Gasteiger partial charge in [-0.3, -0.25) is 4.79 Å². The fraction of sp³-hybridized carbons (Fsp3) is 0.966. The molecule has 0 spiro atoms. The second-order valence-corrected chi connectivity index (χ2v) is 13.5. The highest BCUT2D eigenvalue weighted by Gasteiger charge is 2.63. The molecule has 1 saturated heterocycles. The lowest BCUT2D eigenvalue weighted by Crippen LogP contribution is -2.55. The largest absolute Gasteiger partial charge is 0.465 e. The summed E-state index contributed by atoms with van der Waals surface area (Å²) in [5.41, 5.74) is -0.272. The zero-order valence-corrected chi connectivity index (χ0v) is 22.9. The minimum atomic E-state index is -0.855. The quantitative estimate of drug-likeness (QED) is 0.482. The van der Waals surface area contributed by atoms with Gasteiger partial charge in [-0.1, -0.05) is 41.5 Å². The fourth-order valence-electron chi connectivity index (χ4n) is 9.28. The van der Waals surface area contributed by atoms with Gasteiger partial charge < -0.3 is 24.8 Å². The molecular formula is C29H50O6. The Kier molecular flexibility index (Phi) is 7.72. The number of fused-ring (bicyclic) bond motifs is 5. The highest BCUT2D eigenvalue weighted by molar-refractivity contribution is 5.74. The number of ether oxygens (including phenoxy) is 2. The van der Waals surface area contributed by atoms with Crippen LogP contribution < -0.4 is 0 Å². The molecular weight excluding hydrogens is 444 g/mol. The van der Waals surface area contributed by atoms with Crippen LogP contribution in [0.15, 0.2) is 0 Å². The maximum absolute atomic E-state index is 13.0. The van der Waals surface area contributed by atoms with Crippen molar-refractivity contribution in [2.75, 3.05) is 13.7 Å². The first-order chi connectivity index (χ1) is 16.4. The van der Waals surface area contributed by atoms with Gasteiger partial charge in [-0.2, -0.15) is 0 Å². The summed E-state index contributed by atoms with van der Waals surface area (Å²) in [5, 5.41) is 32.4. The van der Waals surface area contributed by atoms with Crippen LogP contribution in [0.5, 0.6) is 0 Å². The van der Waals surface area contributed by atoms with Crippen molar-refractivity contribution >= 4 is 5.97 Å². The Morgan fingerprint density at radius 3 is 2.29 bits per heavy atom. The van der Waals surface area contributed by atoms with E-state index in [0.29, 0.717) is 43.1 Å². The maximum atomic E-state index is 13.0. The van der Waals surface area contributed by atoms with Crippen LogP contribution in [0.3, 0.4) is 0 Å². The Labute approximate surface area is 212 Å². The average molecular weight is 495 g/mol. The van der Waals surface area contributed by atoms with Crippen molar-refractivity contribution in [2.24, 2.45) is 58.2 Å². The number of cyclic esters (lactones) is 1. The van der Waals surface area contributed by atoms with E-state index in [1.807, 2.05) is 0 Å². The normalized spacial score (nSPS) is 47.1. The SMILES string of the molecule is CO[C@@H]([C@H](O)[C@@H](C)[C@H]1CC[C@H]2[C@@H]3COC(=O)[C@H]4C[C@H](O)[C@H](O)C[C@]4(C)[C@H]3CC[C@]12C)[C@@H](C)C(C)C. The van der Waals surface area contributed by atoms with Crippen LogP contribution in [0.25, 0.3) is 0 Å². The van der Waals surface area contributed by atoms with E-state index in [2.05, 4.69) is 41.5 Å². The first-order valence-electron chi connectivity index (χ1n) is 14.1. The molecule has 3 N–H and O–H groups in total. The summed E-state index contributed by atoms with van der Waals surface area (Å²) in [6.07, 6.45) is 2.64. The number of aliphatic hydroxyl groups is 3. The highest BCUT2D eigenvalue weighted by Crippen LogP contribution is 2.66. The van der Waals surface area contributed by atoms with Gasteiger partial charge in [0.2, 0.25) is 0 Å². The Bertz CT molecular complexity index is 770. The monoisotopic (exact) mass is 494 g/mol. The van der Waals surface area contributed by atoms with Crippen LogP contribution in [0.4, 0.5) is 0 Å². The molecule has 0 aromatic rings. The Morgan fingerprint density at radius 1 is 1.00 bits per heavy atom. The average Bonchev–Trinajstić information content (AvgIpc) is 3.11. The number of hydrogen-bond acceptors (Lipinski definition) is 6. The van der Waals surface area contributed by atoms with E-state index in [-0.39, 0.29) is 46.6 Å². The molecule has 0 bridgehead atoms. The molecule has 0 aromatic heterocycles. The van der Waals surface area contributed by atoms with Crippen molar-refractivity contribution in [2.45, 2.75) is 104 Å². The number of rotatable bonds is 6. The van der Waals surface area contributed by atoms with Gasteiger partial charge >= 0.3 is 5.97 Å². The summed E-state index contributed by atoms with van der Waals surface area (Å²) in [4.78, 5) is 13.0. The topological polar surface area (TPSA) is 96.2 Å². The molecule has 1 heterocycles. The molecule has 0 unspecified atom stereocenters. The van der Waals surface area contributed by atoms with E-state index >= 15 is 0 Å². The number of carbonyl (C=O) groups is 1. The molecule has 4 aliphatic rings. The van der Waals surface area contributed by atoms with Crippen LogP contribution in [-0.2, 0) is 14.3 Å². The van der Waals surface area contributed by atoms with Crippen molar-refractivity contribution in [3.05, 3.63) is 0 Å². The van der Waals surface area contributed by atoms with Crippen molar-refractivity contribution in [3.63, 3.8) is 0 Å². The van der Waals surface area contributed by atoms with Crippen molar-refractivity contribution in [1.29, 1.82) is 0 Å². The number of carbonyl (C=O) groups excluding carboxylic acids is 1. The van der Waals surface area contributed by atoms with Crippen LogP contribution in [0.2, 0.25) is 0 Å². The first-order valence-corrected chi connectivity index (χ1v) is 14.1. The molecule has 0 radical (unpaired) electrons. The summed E-state index contributed by atoms with van der Waals surface area (Å²) in [5.74, 6) is 1.65. The number of hydrogen-bond donors (Lipinski definition) is 3. The Morgan fingerprint density at radius 2 is 1.66 bits per heavy atom. The standard InChI is InChI=1S/C29H50O6/c1-15(2)16(3)26(34-7)25(32)17(4)19-8-9-20-18-14-35-27(33)22-12-23(30)24(31)13-29(22,6)21(18)10-11-28(19,20)5/h15-26,30-32H,8-14H2,1-7H3/t16-,17-,18-,19+,20-,21-,22+,23-,24+,25+,26+,28+,29+/m0/s1. The zero-order valence-electron chi connectivity index (χ0n) is 22.9. The van der Waals surface area contributed by atoms with Gasteiger partial charge in [-0.15, -0.1) is 0 Å². The molecule has 4 fully saturated rings. The van der Waals surface area contributed by atoms with E-state index in [1.54, 1.807) is 7.11 Å². The van der Waals surface area contributed by atoms with E-state index in [9.17, 15) is 20.1 Å². The third kappa shape index (κ3) is 4.38. The van der Waals surface area contributed by atoms with Gasteiger partial charge in [-0.05, 0) is 90.8 Å². The molecule has 3 aliphatic carbocycles. The van der Waals surface area contributed by atoms with Gasteiger partial charge in [0, 0.05) is 7.11 Å². The predicted octanol–water partition coefficient (Wildman–Crippen LogP) is 4.04. The Balaban J connectivity index is 1.58. The lowest BCUT2D eigenvalue weighted by atomic mass is 9.48.